The van der Waals surface area contributed by atoms with E-state index >= 15 is 0 Å². The molecule has 0 fully saturated rings. The molecule has 176 valence electrons. The average molecular weight is 468 g/mol. The van der Waals surface area contributed by atoms with Gasteiger partial charge in [-0.15, -0.1) is 0 Å². The number of aromatic nitrogens is 3. The minimum atomic E-state index is -0.822. The van der Waals surface area contributed by atoms with Crippen molar-refractivity contribution in [1.29, 1.82) is 0 Å². The first-order chi connectivity index (χ1) is 16.9. The number of benzene rings is 2. The van der Waals surface area contributed by atoms with Gasteiger partial charge in [-0.25, -0.2) is 9.67 Å². The third-order valence-corrected chi connectivity index (χ3v) is 5.55. The Morgan fingerprint density at radius 3 is 2.46 bits per heavy atom. The molecule has 8 heteroatoms. The second-order valence-electron chi connectivity index (χ2n) is 7.97. The van der Waals surface area contributed by atoms with E-state index in [-0.39, 0.29) is 5.75 Å². The van der Waals surface area contributed by atoms with Gasteiger partial charge in [0.05, 0.1) is 11.4 Å². The molecule has 1 unspecified atom stereocenters. The maximum Gasteiger partial charge on any atom is 0.251 e. The van der Waals surface area contributed by atoms with E-state index in [0.717, 1.165) is 16.8 Å². The minimum absolute atomic E-state index is 0.167. The van der Waals surface area contributed by atoms with Crippen LogP contribution in [0.3, 0.4) is 0 Å². The Morgan fingerprint density at radius 1 is 1.09 bits per heavy atom. The molecule has 2 amide bonds. The lowest BCUT2D eigenvalue weighted by Crippen LogP contribution is -2.44. The van der Waals surface area contributed by atoms with E-state index in [4.69, 9.17) is 5.73 Å². The largest absolute Gasteiger partial charge is 0.508 e. The smallest absolute Gasteiger partial charge is 0.251 e. The fourth-order valence-electron chi connectivity index (χ4n) is 3.65. The van der Waals surface area contributed by atoms with Gasteiger partial charge in [0.15, 0.2) is 5.82 Å². The summed E-state index contributed by atoms with van der Waals surface area (Å²) in [5.74, 6) is -0.169. The molecule has 0 bridgehead atoms. The lowest BCUT2D eigenvalue weighted by Gasteiger charge is -2.16. The number of phenolic OH excluding ortho intramolecular Hbond substituents is 1. The Kier molecular flexibility index (Phi) is 7.02. The number of aromatic hydroxyl groups is 1. The van der Waals surface area contributed by atoms with E-state index in [9.17, 15) is 14.7 Å². The van der Waals surface area contributed by atoms with E-state index in [1.54, 1.807) is 53.4 Å². The van der Waals surface area contributed by atoms with Crippen LogP contribution in [-0.4, -0.2) is 37.7 Å². The van der Waals surface area contributed by atoms with Gasteiger partial charge >= 0.3 is 0 Å². The average Bonchev–Trinajstić information content (AvgIpc) is 3.32. The monoisotopic (exact) mass is 467 g/mol. The molecular weight excluding hydrogens is 442 g/mol. The first-order valence-corrected chi connectivity index (χ1v) is 11.1. The number of hydrogen-bond donors (Lipinski definition) is 3. The summed E-state index contributed by atoms with van der Waals surface area (Å²) in [5.41, 5.74) is 9.19. The first-order valence-electron chi connectivity index (χ1n) is 11.1. The van der Waals surface area contributed by atoms with Gasteiger partial charge in [0.1, 0.15) is 11.8 Å². The second kappa shape index (κ2) is 10.5. The highest BCUT2D eigenvalue weighted by Crippen LogP contribution is 2.24. The summed E-state index contributed by atoms with van der Waals surface area (Å²) in [4.78, 5) is 29.1. The molecule has 0 saturated carbocycles. The number of nitrogens with zero attached hydrogens (tertiary/aromatic N) is 3. The lowest BCUT2D eigenvalue weighted by molar-refractivity contribution is -0.120. The van der Waals surface area contributed by atoms with Gasteiger partial charge in [-0.05, 0) is 66.9 Å². The fourth-order valence-corrected chi connectivity index (χ4v) is 3.65. The molecular formula is C27H25N5O3. The predicted molar refractivity (Wildman–Crippen MR) is 134 cm³/mol. The first kappa shape index (κ1) is 23.4. The summed E-state index contributed by atoms with van der Waals surface area (Å²) in [7, 11) is 0. The molecule has 8 nitrogen and oxygen atoms in total. The highest BCUT2D eigenvalue weighted by atomic mass is 16.3. The number of rotatable bonds is 9. The number of pyridine rings is 1. The van der Waals surface area contributed by atoms with E-state index in [1.807, 2.05) is 36.4 Å². The van der Waals surface area contributed by atoms with Crippen molar-refractivity contribution in [2.45, 2.75) is 18.9 Å². The zero-order valence-corrected chi connectivity index (χ0v) is 19.0. The van der Waals surface area contributed by atoms with Crippen LogP contribution in [0.25, 0.3) is 23.2 Å². The number of nitrogens with two attached hydrogens (primary N) is 1. The van der Waals surface area contributed by atoms with Crippen molar-refractivity contribution in [3.8, 4) is 22.8 Å². The SMILES string of the molecule is C=Cc1cc(-c2ccc(C(=O)NC(CCc3ccc(O)cc3)C(N)=O)cc2)n(-c2ccccn2)n1. The third kappa shape index (κ3) is 5.62. The molecule has 4 N–H and O–H groups in total. The zero-order valence-electron chi connectivity index (χ0n) is 19.0. The highest BCUT2D eigenvalue weighted by Gasteiger charge is 2.19. The van der Waals surface area contributed by atoms with Crippen LogP contribution < -0.4 is 11.1 Å². The van der Waals surface area contributed by atoms with Crippen LogP contribution in [-0.2, 0) is 11.2 Å². The summed E-state index contributed by atoms with van der Waals surface area (Å²) >= 11 is 0. The van der Waals surface area contributed by atoms with Crippen LogP contribution in [0.4, 0.5) is 0 Å². The minimum Gasteiger partial charge on any atom is -0.508 e. The Bertz CT molecular complexity index is 1330. The molecule has 0 aliphatic carbocycles. The topological polar surface area (TPSA) is 123 Å². The summed E-state index contributed by atoms with van der Waals surface area (Å²) in [6, 6.07) is 20.3. The number of hydrogen-bond acceptors (Lipinski definition) is 5. The van der Waals surface area contributed by atoms with Crippen molar-refractivity contribution in [3.63, 3.8) is 0 Å². The van der Waals surface area contributed by atoms with Crippen molar-refractivity contribution < 1.29 is 14.7 Å². The van der Waals surface area contributed by atoms with Crippen LogP contribution in [0.2, 0.25) is 0 Å². The van der Waals surface area contributed by atoms with Crippen molar-refractivity contribution in [3.05, 3.63) is 102 Å². The maximum absolute atomic E-state index is 12.8. The van der Waals surface area contributed by atoms with E-state index < -0.39 is 17.9 Å². The van der Waals surface area contributed by atoms with Gasteiger partial charge in [-0.1, -0.05) is 36.9 Å². The van der Waals surface area contributed by atoms with Crippen LogP contribution in [0.5, 0.6) is 5.75 Å². The van der Waals surface area contributed by atoms with Gasteiger partial charge < -0.3 is 16.2 Å². The molecule has 35 heavy (non-hydrogen) atoms. The van der Waals surface area contributed by atoms with Gasteiger partial charge in [0.2, 0.25) is 5.91 Å². The van der Waals surface area contributed by atoms with Crippen LogP contribution in [0, 0.1) is 0 Å². The number of phenols is 1. The Labute approximate surface area is 202 Å². The quantitative estimate of drug-likeness (QED) is 0.348. The van der Waals surface area contributed by atoms with E-state index in [2.05, 4.69) is 22.0 Å². The van der Waals surface area contributed by atoms with Crippen molar-refractivity contribution in [1.82, 2.24) is 20.1 Å². The van der Waals surface area contributed by atoms with Gasteiger partial charge in [0, 0.05) is 17.3 Å². The molecule has 0 aliphatic rings. The number of carbonyl (C=O) groups is 2. The number of aryl methyl sites for hydroxylation is 1. The second-order valence-corrected chi connectivity index (χ2v) is 7.97. The maximum atomic E-state index is 12.8. The van der Waals surface area contributed by atoms with Crippen LogP contribution in [0.15, 0.2) is 85.6 Å². The summed E-state index contributed by atoms with van der Waals surface area (Å²) in [5, 5.41) is 16.7. The summed E-state index contributed by atoms with van der Waals surface area (Å²) in [6.45, 7) is 3.79. The Hall–Kier alpha value is -4.72. The van der Waals surface area contributed by atoms with Crippen molar-refractivity contribution >= 4 is 17.9 Å². The lowest BCUT2D eigenvalue weighted by atomic mass is 10.0. The molecule has 4 rings (SSSR count). The Balaban J connectivity index is 1.49. The third-order valence-electron chi connectivity index (χ3n) is 5.55. The molecule has 0 radical (unpaired) electrons. The standard InChI is InChI=1S/C27H25N5O3/c1-2-21-17-24(32(31-21)25-5-3-4-16-29-25)19-9-11-20(12-10-19)27(35)30-23(26(28)34)15-8-18-6-13-22(33)14-7-18/h2-7,9-14,16-17,23,33H,1,8,15H2,(H2,28,34)(H,30,35). The number of primary amides is 1. The molecule has 1 atom stereocenters. The van der Waals surface area contributed by atoms with Gasteiger partial charge in [-0.2, -0.15) is 5.10 Å². The summed E-state index contributed by atoms with van der Waals surface area (Å²) < 4.78 is 1.72. The van der Waals surface area contributed by atoms with Crippen LogP contribution >= 0.6 is 0 Å². The van der Waals surface area contributed by atoms with Crippen molar-refractivity contribution in [2.24, 2.45) is 5.73 Å². The predicted octanol–water partition coefficient (Wildman–Crippen LogP) is 3.50. The van der Waals surface area contributed by atoms with E-state index in [0.29, 0.717) is 29.9 Å². The zero-order chi connectivity index (χ0) is 24.8. The highest BCUT2D eigenvalue weighted by molar-refractivity contribution is 5.97. The Morgan fingerprint density at radius 2 is 1.83 bits per heavy atom. The fraction of sp³-hybridized carbons (Fsp3) is 0.111. The van der Waals surface area contributed by atoms with Crippen molar-refractivity contribution in [2.75, 3.05) is 0 Å². The molecule has 0 aliphatic heterocycles. The van der Waals surface area contributed by atoms with Crippen LogP contribution in [0.1, 0.15) is 28.0 Å². The summed E-state index contributed by atoms with van der Waals surface area (Å²) in [6.07, 6.45) is 4.22. The number of amides is 2. The number of carbonyl (C=O) groups excluding carboxylic acids is 2. The molecule has 0 saturated heterocycles. The molecule has 2 heterocycles. The molecule has 0 spiro atoms. The molecule has 2 aromatic carbocycles. The van der Waals surface area contributed by atoms with E-state index in [1.165, 1.54) is 0 Å². The molecule has 4 aromatic rings. The number of nitrogens with one attached hydrogen (secondary N) is 1. The molecule has 2 aromatic heterocycles. The van der Waals surface area contributed by atoms with Gasteiger partial charge in [-0.3, -0.25) is 9.59 Å². The van der Waals surface area contributed by atoms with Gasteiger partial charge in [0.25, 0.3) is 5.91 Å². The normalized spacial score (nSPS) is 11.5.